The van der Waals surface area contributed by atoms with Gasteiger partial charge in [-0.15, -0.1) is 11.3 Å². The average Bonchev–Trinajstić information content (AvgIpc) is 2.46. The number of hydrogen-bond donors (Lipinski definition) is 2. The summed E-state index contributed by atoms with van der Waals surface area (Å²) in [7, 11) is 0. The van der Waals surface area contributed by atoms with E-state index in [1.807, 2.05) is 0 Å². The van der Waals surface area contributed by atoms with Gasteiger partial charge in [-0.25, -0.2) is 4.98 Å². The first-order chi connectivity index (χ1) is 6.91. The number of nitrogens with zero attached hydrogens (tertiary/aromatic N) is 1. The summed E-state index contributed by atoms with van der Waals surface area (Å²) < 4.78 is 0. The molecule has 0 aliphatic rings. The Hall–Kier alpha value is -0.520. The summed E-state index contributed by atoms with van der Waals surface area (Å²) in [6, 6.07) is 0. The first-order valence-corrected chi connectivity index (χ1v) is 6.11. The van der Waals surface area contributed by atoms with Crippen molar-refractivity contribution < 1.29 is 5.11 Å². The number of rotatable bonds is 4. The third kappa shape index (κ3) is 3.22. The van der Waals surface area contributed by atoms with E-state index in [9.17, 15) is 5.11 Å². The Morgan fingerprint density at radius 3 is 2.53 bits per heavy atom. The molecular formula is C10H16N2OS2. The summed E-state index contributed by atoms with van der Waals surface area (Å²) in [5.41, 5.74) is 6.24. The van der Waals surface area contributed by atoms with Gasteiger partial charge in [-0.1, -0.05) is 26.1 Å². The lowest BCUT2D eigenvalue weighted by Gasteiger charge is -2.06. The minimum atomic E-state index is -0.557. The number of thiazole rings is 1. The average molecular weight is 244 g/mol. The van der Waals surface area contributed by atoms with Gasteiger partial charge in [-0.3, -0.25) is 0 Å². The third-order valence-corrected chi connectivity index (χ3v) is 3.38. The molecule has 1 rings (SSSR count). The smallest absolute Gasteiger partial charge is 0.151 e. The van der Waals surface area contributed by atoms with Crippen molar-refractivity contribution in [3.63, 3.8) is 0 Å². The number of nitrogens with two attached hydrogens (primary N) is 1. The maximum absolute atomic E-state index is 9.57. The molecule has 5 heteroatoms. The molecule has 0 spiro atoms. The number of hydrogen-bond acceptors (Lipinski definition) is 4. The van der Waals surface area contributed by atoms with E-state index in [0.717, 1.165) is 17.0 Å². The van der Waals surface area contributed by atoms with E-state index in [2.05, 4.69) is 18.8 Å². The number of aliphatic hydroxyl groups is 1. The Balaban J connectivity index is 3.06. The predicted octanol–water partition coefficient (Wildman–Crippen LogP) is 2.03. The summed E-state index contributed by atoms with van der Waals surface area (Å²) in [6.45, 7) is 5.97. The molecule has 1 heterocycles. The molecule has 0 aliphatic carbocycles. The van der Waals surface area contributed by atoms with Crippen molar-refractivity contribution in [3.8, 4) is 0 Å². The zero-order valence-corrected chi connectivity index (χ0v) is 10.8. The van der Waals surface area contributed by atoms with Crippen molar-refractivity contribution in [1.29, 1.82) is 0 Å². The monoisotopic (exact) mass is 244 g/mol. The third-order valence-electron chi connectivity index (χ3n) is 1.93. The van der Waals surface area contributed by atoms with Crippen LogP contribution in [0.5, 0.6) is 0 Å². The van der Waals surface area contributed by atoms with Gasteiger partial charge in [0.2, 0.25) is 0 Å². The van der Waals surface area contributed by atoms with Crippen LogP contribution in [-0.4, -0.2) is 15.1 Å². The highest BCUT2D eigenvalue weighted by molar-refractivity contribution is 7.81. The molecule has 84 valence electrons. The largest absolute Gasteiger partial charge is 0.387 e. The second-order valence-electron chi connectivity index (χ2n) is 3.97. The van der Waals surface area contributed by atoms with E-state index in [0.29, 0.717) is 15.9 Å². The maximum Gasteiger partial charge on any atom is 0.151 e. The number of thiocarbonyl (C=S) groups is 1. The Kier molecular flexibility index (Phi) is 4.19. The van der Waals surface area contributed by atoms with Gasteiger partial charge in [-0.05, 0) is 19.3 Å². The number of aromatic nitrogens is 1. The lowest BCUT2D eigenvalue weighted by Crippen LogP contribution is -2.09. The van der Waals surface area contributed by atoms with Crippen LogP contribution in [0.4, 0.5) is 0 Å². The maximum atomic E-state index is 9.57. The molecule has 0 aliphatic heterocycles. The summed E-state index contributed by atoms with van der Waals surface area (Å²) in [4.78, 5) is 5.65. The molecule has 3 N–H and O–H groups in total. The van der Waals surface area contributed by atoms with Crippen molar-refractivity contribution in [2.24, 2.45) is 11.7 Å². The van der Waals surface area contributed by atoms with Crippen LogP contribution in [0.25, 0.3) is 0 Å². The molecule has 0 aromatic carbocycles. The number of aliphatic hydroxyl groups excluding tert-OH is 1. The van der Waals surface area contributed by atoms with E-state index >= 15 is 0 Å². The molecule has 1 atom stereocenters. The van der Waals surface area contributed by atoms with Gasteiger partial charge in [0, 0.05) is 4.88 Å². The van der Waals surface area contributed by atoms with E-state index in [1.54, 1.807) is 6.92 Å². The second-order valence-corrected chi connectivity index (χ2v) is 5.49. The quantitative estimate of drug-likeness (QED) is 0.796. The molecule has 0 saturated heterocycles. The summed E-state index contributed by atoms with van der Waals surface area (Å²) in [6.07, 6.45) is 0.346. The summed E-state index contributed by atoms with van der Waals surface area (Å²) in [5.74, 6) is 0.530. The van der Waals surface area contributed by atoms with E-state index in [-0.39, 0.29) is 0 Å². The van der Waals surface area contributed by atoms with Crippen LogP contribution in [-0.2, 0) is 6.42 Å². The Bertz CT molecular complexity index is 358. The van der Waals surface area contributed by atoms with Crippen LogP contribution in [0.1, 0.15) is 42.5 Å². The Labute approximate surface area is 99.3 Å². The summed E-state index contributed by atoms with van der Waals surface area (Å²) in [5, 5.41) is 10.2. The minimum Gasteiger partial charge on any atom is -0.387 e. The van der Waals surface area contributed by atoms with Crippen molar-refractivity contribution >= 4 is 28.5 Å². The fraction of sp³-hybridized carbons (Fsp3) is 0.600. The normalized spacial score (nSPS) is 13.1. The zero-order chi connectivity index (χ0) is 11.6. The van der Waals surface area contributed by atoms with Crippen molar-refractivity contribution in [1.82, 2.24) is 4.98 Å². The molecule has 0 radical (unpaired) electrons. The van der Waals surface area contributed by atoms with Crippen LogP contribution in [0.2, 0.25) is 0 Å². The fourth-order valence-corrected chi connectivity index (χ4v) is 2.70. The molecule has 3 nitrogen and oxygen atoms in total. The molecule has 1 unspecified atom stereocenters. The molecule has 1 aromatic heterocycles. The molecule has 15 heavy (non-hydrogen) atoms. The first-order valence-electron chi connectivity index (χ1n) is 4.89. The SMILES string of the molecule is CC(C)Cc1sc(C(N)=S)nc1C(C)O. The molecular weight excluding hydrogens is 228 g/mol. The molecule has 0 amide bonds. The second kappa shape index (κ2) is 5.01. The molecule has 1 aromatic rings. The highest BCUT2D eigenvalue weighted by Gasteiger charge is 2.17. The molecule has 0 fully saturated rings. The van der Waals surface area contributed by atoms with Crippen molar-refractivity contribution in [2.45, 2.75) is 33.3 Å². The van der Waals surface area contributed by atoms with Gasteiger partial charge in [0.25, 0.3) is 0 Å². The van der Waals surface area contributed by atoms with Gasteiger partial charge in [0.15, 0.2) is 5.01 Å². The highest BCUT2D eigenvalue weighted by Crippen LogP contribution is 2.26. The van der Waals surface area contributed by atoms with E-state index in [4.69, 9.17) is 18.0 Å². The summed E-state index contributed by atoms with van der Waals surface area (Å²) >= 11 is 6.37. The minimum absolute atomic E-state index is 0.303. The Morgan fingerprint density at radius 1 is 1.53 bits per heavy atom. The van der Waals surface area contributed by atoms with E-state index in [1.165, 1.54) is 11.3 Å². The predicted molar refractivity (Wildman–Crippen MR) is 67.2 cm³/mol. The van der Waals surface area contributed by atoms with Gasteiger partial charge in [0.05, 0.1) is 11.8 Å². The lowest BCUT2D eigenvalue weighted by molar-refractivity contribution is 0.193. The fourth-order valence-electron chi connectivity index (χ4n) is 1.31. The zero-order valence-electron chi connectivity index (χ0n) is 9.15. The lowest BCUT2D eigenvalue weighted by atomic mass is 10.1. The van der Waals surface area contributed by atoms with Gasteiger partial charge in [-0.2, -0.15) is 0 Å². The van der Waals surface area contributed by atoms with Gasteiger partial charge >= 0.3 is 0 Å². The van der Waals surface area contributed by atoms with Crippen LogP contribution in [0, 0.1) is 5.92 Å². The topological polar surface area (TPSA) is 59.1 Å². The van der Waals surface area contributed by atoms with Crippen LogP contribution >= 0.6 is 23.6 Å². The molecule has 0 bridgehead atoms. The van der Waals surface area contributed by atoms with Crippen molar-refractivity contribution in [2.75, 3.05) is 0 Å². The van der Waals surface area contributed by atoms with Crippen molar-refractivity contribution in [3.05, 3.63) is 15.6 Å². The van der Waals surface area contributed by atoms with Gasteiger partial charge < -0.3 is 10.8 Å². The first kappa shape index (κ1) is 12.5. The van der Waals surface area contributed by atoms with Crippen LogP contribution < -0.4 is 5.73 Å². The van der Waals surface area contributed by atoms with Gasteiger partial charge in [0.1, 0.15) is 4.99 Å². The standard InChI is InChI=1S/C10H16N2OS2/c1-5(2)4-7-8(6(3)13)12-10(15-7)9(11)14/h5-6,13H,4H2,1-3H3,(H2,11,14). The van der Waals surface area contributed by atoms with Crippen LogP contribution in [0.15, 0.2) is 0 Å². The highest BCUT2D eigenvalue weighted by atomic mass is 32.1. The Morgan fingerprint density at radius 2 is 2.13 bits per heavy atom. The molecule has 0 saturated carbocycles. The van der Waals surface area contributed by atoms with Crippen LogP contribution in [0.3, 0.4) is 0 Å². The van der Waals surface area contributed by atoms with E-state index < -0.39 is 6.10 Å².